The Bertz CT molecular complexity index is 256. The normalized spacial score (nSPS) is 34.4. The van der Waals surface area contributed by atoms with Crippen molar-refractivity contribution in [2.45, 2.75) is 44.8 Å². The number of hydrogen-bond donors (Lipinski definition) is 1. The van der Waals surface area contributed by atoms with E-state index < -0.39 is 0 Å². The average molecular weight is 240 g/mol. The first-order chi connectivity index (χ1) is 8.18. The van der Waals surface area contributed by atoms with Gasteiger partial charge in [0.25, 0.3) is 5.91 Å². The zero-order valence-electron chi connectivity index (χ0n) is 10.9. The highest BCUT2D eigenvalue weighted by atomic mass is 16.5. The van der Waals surface area contributed by atoms with Crippen LogP contribution in [0, 0.1) is 5.92 Å². The van der Waals surface area contributed by atoms with Crippen molar-refractivity contribution < 1.29 is 9.53 Å². The second kappa shape index (κ2) is 5.83. The van der Waals surface area contributed by atoms with E-state index in [0.717, 1.165) is 25.3 Å². The molecule has 1 saturated carbocycles. The van der Waals surface area contributed by atoms with E-state index in [1.54, 1.807) is 0 Å². The first-order valence-corrected chi connectivity index (χ1v) is 6.77. The van der Waals surface area contributed by atoms with Crippen molar-refractivity contribution in [2.24, 2.45) is 5.92 Å². The molecule has 1 heterocycles. The highest BCUT2D eigenvalue weighted by Crippen LogP contribution is 2.26. The number of nitrogens with zero attached hydrogens (tertiary/aromatic N) is 1. The van der Waals surface area contributed by atoms with Gasteiger partial charge in [0.2, 0.25) is 0 Å². The largest absolute Gasteiger partial charge is 0.366 e. The van der Waals surface area contributed by atoms with Gasteiger partial charge in [0.1, 0.15) is 6.10 Å². The highest BCUT2D eigenvalue weighted by Gasteiger charge is 2.30. The van der Waals surface area contributed by atoms with E-state index in [1.807, 2.05) is 11.9 Å². The molecule has 1 aliphatic heterocycles. The number of carbonyl (C=O) groups excluding carboxylic acids is 1. The topological polar surface area (TPSA) is 41.6 Å². The van der Waals surface area contributed by atoms with Crippen molar-refractivity contribution in [3.05, 3.63) is 0 Å². The Morgan fingerprint density at radius 1 is 1.29 bits per heavy atom. The smallest absolute Gasteiger partial charge is 0.253 e. The molecule has 1 aliphatic carbocycles. The van der Waals surface area contributed by atoms with E-state index in [4.69, 9.17) is 4.74 Å². The Kier molecular flexibility index (Phi) is 4.40. The molecular formula is C13H24N2O2. The van der Waals surface area contributed by atoms with Gasteiger partial charge in [-0.15, -0.1) is 0 Å². The fourth-order valence-corrected chi connectivity index (χ4v) is 2.76. The summed E-state index contributed by atoms with van der Waals surface area (Å²) in [6, 6.07) is 0.421. The molecule has 0 aromatic carbocycles. The summed E-state index contributed by atoms with van der Waals surface area (Å²) in [5, 5.41) is 3.21. The number of ether oxygens (including phenoxy) is 1. The summed E-state index contributed by atoms with van der Waals surface area (Å²) in [7, 11) is 1.93. The van der Waals surface area contributed by atoms with E-state index >= 15 is 0 Å². The zero-order chi connectivity index (χ0) is 12.3. The van der Waals surface area contributed by atoms with Crippen LogP contribution < -0.4 is 5.32 Å². The summed E-state index contributed by atoms with van der Waals surface area (Å²) in [6.07, 6.45) is 4.50. The third-order valence-corrected chi connectivity index (χ3v) is 4.08. The van der Waals surface area contributed by atoms with Crippen LogP contribution in [0.1, 0.15) is 32.6 Å². The molecule has 0 spiro atoms. The molecule has 1 N–H and O–H groups in total. The van der Waals surface area contributed by atoms with Crippen molar-refractivity contribution in [2.75, 3.05) is 26.7 Å². The fourth-order valence-electron chi connectivity index (χ4n) is 2.76. The molecule has 0 aromatic heterocycles. The lowest BCUT2D eigenvalue weighted by molar-refractivity contribution is -0.146. The van der Waals surface area contributed by atoms with Crippen LogP contribution in [-0.2, 0) is 9.53 Å². The SMILES string of the molecule is CC1CCC(N(C)C(=O)C2CNCCO2)CC1. The van der Waals surface area contributed by atoms with Crippen LogP contribution >= 0.6 is 0 Å². The Morgan fingerprint density at radius 2 is 2.00 bits per heavy atom. The first kappa shape index (κ1) is 12.8. The predicted molar refractivity (Wildman–Crippen MR) is 66.8 cm³/mol. The van der Waals surface area contributed by atoms with E-state index in [9.17, 15) is 4.79 Å². The lowest BCUT2D eigenvalue weighted by atomic mass is 9.86. The van der Waals surface area contributed by atoms with Crippen LogP contribution in [0.25, 0.3) is 0 Å². The van der Waals surface area contributed by atoms with Gasteiger partial charge in [-0.2, -0.15) is 0 Å². The maximum absolute atomic E-state index is 12.2. The molecule has 2 fully saturated rings. The van der Waals surface area contributed by atoms with Gasteiger partial charge >= 0.3 is 0 Å². The minimum absolute atomic E-state index is 0.150. The van der Waals surface area contributed by atoms with Crippen LogP contribution in [0.5, 0.6) is 0 Å². The van der Waals surface area contributed by atoms with Gasteiger partial charge in [-0.3, -0.25) is 4.79 Å². The van der Waals surface area contributed by atoms with Crippen molar-refractivity contribution in [1.29, 1.82) is 0 Å². The zero-order valence-corrected chi connectivity index (χ0v) is 10.9. The molecule has 1 amide bonds. The van der Waals surface area contributed by atoms with Crippen molar-refractivity contribution >= 4 is 5.91 Å². The summed E-state index contributed by atoms with van der Waals surface area (Å²) in [5.74, 6) is 0.971. The summed E-state index contributed by atoms with van der Waals surface area (Å²) in [4.78, 5) is 14.2. The quantitative estimate of drug-likeness (QED) is 0.783. The molecular weight excluding hydrogens is 216 g/mol. The number of morpholine rings is 1. The second-order valence-electron chi connectivity index (χ2n) is 5.43. The first-order valence-electron chi connectivity index (χ1n) is 6.77. The third-order valence-electron chi connectivity index (χ3n) is 4.08. The summed E-state index contributed by atoms with van der Waals surface area (Å²) in [5.41, 5.74) is 0. The van der Waals surface area contributed by atoms with Crippen LogP contribution in [0.2, 0.25) is 0 Å². The molecule has 17 heavy (non-hydrogen) atoms. The molecule has 98 valence electrons. The van der Waals surface area contributed by atoms with E-state index in [2.05, 4.69) is 12.2 Å². The number of hydrogen-bond acceptors (Lipinski definition) is 3. The van der Waals surface area contributed by atoms with E-state index in [0.29, 0.717) is 19.2 Å². The van der Waals surface area contributed by atoms with Crippen LogP contribution in [-0.4, -0.2) is 49.7 Å². The summed E-state index contributed by atoms with van der Waals surface area (Å²) < 4.78 is 5.52. The standard InChI is InChI=1S/C13H24N2O2/c1-10-3-5-11(6-4-10)15(2)13(16)12-9-14-7-8-17-12/h10-12,14H,3-9H2,1-2H3. The molecule has 4 nitrogen and oxygen atoms in total. The maximum Gasteiger partial charge on any atom is 0.253 e. The molecule has 2 aliphatic rings. The van der Waals surface area contributed by atoms with Crippen LogP contribution in [0.15, 0.2) is 0 Å². The molecule has 1 unspecified atom stereocenters. The van der Waals surface area contributed by atoms with Gasteiger partial charge in [0, 0.05) is 26.2 Å². The van der Waals surface area contributed by atoms with Crippen molar-refractivity contribution in [3.63, 3.8) is 0 Å². The Labute approximate surface area is 104 Å². The van der Waals surface area contributed by atoms with Gasteiger partial charge in [-0.1, -0.05) is 6.92 Å². The van der Waals surface area contributed by atoms with Crippen molar-refractivity contribution in [1.82, 2.24) is 10.2 Å². The molecule has 0 aromatic rings. The Balaban J connectivity index is 1.85. The predicted octanol–water partition coefficient (Wildman–Crippen LogP) is 1.01. The number of nitrogens with one attached hydrogen (secondary N) is 1. The molecule has 1 saturated heterocycles. The lowest BCUT2D eigenvalue weighted by Crippen LogP contribution is -2.51. The lowest BCUT2D eigenvalue weighted by Gasteiger charge is -2.36. The highest BCUT2D eigenvalue weighted by molar-refractivity contribution is 5.81. The second-order valence-corrected chi connectivity index (χ2v) is 5.43. The average Bonchev–Trinajstić information content (AvgIpc) is 2.39. The number of likely N-dealkylation sites (N-methyl/N-ethyl adjacent to an activating group) is 1. The summed E-state index contributed by atoms with van der Waals surface area (Å²) in [6.45, 7) is 4.46. The Hall–Kier alpha value is -0.610. The minimum atomic E-state index is -0.270. The number of rotatable bonds is 2. The van der Waals surface area contributed by atoms with Crippen LogP contribution in [0.4, 0.5) is 0 Å². The summed E-state index contributed by atoms with van der Waals surface area (Å²) >= 11 is 0. The van der Waals surface area contributed by atoms with Crippen LogP contribution in [0.3, 0.4) is 0 Å². The molecule has 0 radical (unpaired) electrons. The minimum Gasteiger partial charge on any atom is -0.366 e. The Morgan fingerprint density at radius 3 is 2.59 bits per heavy atom. The van der Waals surface area contributed by atoms with Gasteiger partial charge in [0.15, 0.2) is 0 Å². The van der Waals surface area contributed by atoms with Crippen molar-refractivity contribution in [3.8, 4) is 0 Å². The van der Waals surface area contributed by atoms with E-state index in [-0.39, 0.29) is 12.0 Å². The maximum atomic E-state index is 12.2. The molecule has 2 rings (SSSR count). The fraction of sp³-hybridized carbons (Fsp3) is 0.923. The van der Waals surface area contributed by atoms with Gasteiger partial charge in [-0.25, -0.2) is 0 Å². The monoisotopic (exact) mass is 240 g/mol. The van der Waals surface area contributed by atoms with Gasteiger partial charge in [0.05, 0.1) is 6.61 Å². The van der Waals surface area contributed by atoms with Gasteiger partial charge < -0.3 is 15.0 Å². The molecule has 0 bridgehead atoms. The number of carbonyl (C=O) groups is 1. The third kappa shape index (κ3) is 3.19. The van der Waals surface area contributed by atoms with Gasteiger partial charge in [-0.05, 0) is 31.6 Å². The molecule has 1 atom stereocenters. The molecule has 4 heteroatoms. The van der Waals surface area contributed by atoms with E-state index in [1.165, 1.54) is 12.8 Å². The number of amides is 1.